The minimum absolute atomic E-state index is 0.0951. The van der Waals surface area contributed by atoms with Crippen LogP contribution in [0.1, 0.15) is 54.6 Å². The predicted octanol–water partition coefficient (Wildman–Crippen LogP) is 4.45. The molecular formula is C26H34N2O2. The minimum Gasteiger partial charge on any atom is -0.396 e. The second-order valence-corrected chi connectivity index (χ2v) is 7.82. The normalized spacial score (nSPS) is 14.6. The summed E-state index contributed by atoms with van der Waals surface area (Å²) in [4.78, 5) is 17.0. The molecule has 30 heavy (non-hydrogen) atoms. The van der Waals surface area contributed by atoms with E-state index in [-0.39, 0.29) is 12.5 Å². The van der Waals surface area contributed by atoms with Crippen LogP contribution in [-0.2, 0) is 0 Å². The molecule has 4 nitrogen and oxygen atoms in total. The highest BCUT2D eigenvalue weighted by Gasteiger charge is 2.19. The third-order valence-electron chi connectivity index (χ3n) is 5.98. The van der Waals surface area contributed by atoms with Gasteiger partial charge in [0.1, 0.15) is 0 Å². The van der Waals surface area contributed by atoms with Gasteiger partial charge in [-0.3, -0.25) is 4.79 Å². The number of likely N-dealkylation sites (tertiary alicyclic amines) is 1. The van der Waals surface area contributed by atoms with Crippen molar-refractivity contribution in [2.75, 3.05) is 39.3 Å². The summed E-state index contributed by atoms with van der Waals surface area (Å²) in [5, 5.41) is 9.10. The van der Waals surface area contributed by atoms with E-state index in [2.05, 4.69) is 47.4 Å². The average Bonchev–Trinajstić information content (AvgIpc) is 2.80. The van der Waals surface area contributed by atoms with E-state index in [1.54, 1.807) is 0 Å². The van der Waals surface area contributed by atoms with Gasteiger partial charge in [-0.2, -0.15) is 0 Å². The SMILES string of the molecule is CCN(CC)C(=O)c1ccc(C(=C2CCN(CCCO)CC2)c2ccccc2)cc1. The Morgan fingerprint density at radius 3 is 2.03 bits per heavy atom. The fourth-order valence-corrected chi connectivity index (χ4v) is 4.24. The molecule has 0 saturated carbocycles. The fourth-order valence-electron chi connectivity index (χ4n) is 4.24. The molecule has 4 heteroatoms. The van der Waals surface area contributed by atoms with E-state index in [1.165, 1.54) is 22.3 Å². The van der Waals surface area contributed by atoms with Gasteiger partial charge in [0.25, 0.3) is 5.91 Å². The molecule has 2 aromatic carbocycles. The van der Waals surface area contributed by atoms with Crippen LogP contribution in [-0.4, -0.2) is 60.1 Å². The van der Waals surface area contributed by atoms with Gasteiger partial charge in [0.05, 0.1) is 0 Å². The molecule has 1 aliphatic rings. The largest absolute Gasteiger partial charge is 0.396 e. The number of amides is 1. The number of carbonyl (C=O) groups is 1. The summed E-state index contributed by atoms with van der Waals surface area (Å²) in [6.07, 6.45) is 2.91. The van der Waals surface area contributed by atoms with Crippen molar-refractivity contribution < 1.29 is 9.90 Å². The highest BCUT2D eigenvalue weighted by atomic mass is 16.3. The van der Waals surface area contributed by atoms with Crippen LogP contribution >= 0.6 is 0 Å². The van der Waals surface area contributed by atoms with Gasteiger partial charge in [-0.1, -0.05) is 48.0 Å². The number of piperidine rings is 1. The first-order chi connectivity index (χ1) is 14.7. The lowest BCUT2D eigenvalue weighted by atomic mass is 9.88. The molecule has 1 amide bonds. The molecule has 1 fully saturated rings. The zero-order valence-corrected chi connectivity index (χ0v) is 18.3. The zero-order valence-electron chi connectivity index (χ0n) is 18.3. The molecule has 0 bridgehead atoms. The highest BCUT2D eigenvalue weighted by Crippen LogP contribution is 2.32. The lowest BCUT2D eigenvalue weighted by Crippen LogP contribution is -2.32. The quantitative estimate of drug-likeness (QED) is 0.704. The van der Waals surface area contributed by atoms with Crippen LogP contribution < -0.4 is 0 Å². The third-order valence-corrected chi connectivity index (χ3v) is 5.98. The van der Waals surface area contributed by atoms with Crippen LogP contribution in [0.2, 0.25) is 0 Å². The van der Waals surface area contributed by atoms with Crippen molar-refractivity contribution in [2.45, 2.75) is 33.1 Å². The molecule has 1 heterocycles. The Labute approximate surface area is 180 Å². The number of aliphatic hydroxyl groups is 1. The molecule has 0 atom stereocenters. The van der Waals surface area contributed by atoms with Crippen molar-refractivity contribution in [1.82, 2.24) is 9.80 Å². The topological polar surface area (TPSA) is 43.8 Å². The van der Waals surface area contributed by atoms with E-state index in [4.69, 9.17) is 5.11 Å². The first-order valence-electron chi connectivity index (χ1n) is 11.2. The average molecular weight is 407 g/mol. The van der Waals surface area contributed by atoms with E-state index < -0.39 is 0 Å². The summed E-state index contributed by atoms with van der Waals surface area (Å²) < 4.78 is 0. The summed E-state index contributed by atoms with van der Waals surface area (Å²) in [5.41, 5.74) is 5.94. The summed E-state index contributed by atoms with van der Waals surface area (Å²) in [7, 11) is 0. The number of nitrogens with zero attached hydrogens (tertiary/aromatic N) is 2. The lowest BCUT2D eigenvalue weighted by Gasteiger charge is -2.30. The Morgan fingerprint density at radius 1 is 0.900 bits per heavy atom. The Hall–Kier alpha value is -2.43. The van der Waals surface area contributed by atoms with Crippen LogP contribution in [0.3, 0.4) is 0 Å². The maximum atomic E-state index is 12.7. The van der Waals surface area contributed by atoms with Crippen LogP contribution in [0, 0.1) is 0 Å². The first kappa shape index (κ1) is 22.3. The second-order valence-electron chi connectivity index (χ2n) is 7.82. The second kappa shape index (κ2) is 11.1. The highest BCUT2D eigenvalue weighted by molar-refractivity contribution is 5.95. The van der Waals surface area contributed by atoms with E-state index in [0.29, 0.717) is 0 Å². The molecule has 2 aromatic rings. The predicted molar refractivity (Wildman–Crippen MR) is 124 cm³/mol. The summed E-state index contributed by atoms with van der Waals surface area (Å²) in [5.74, 6) is 0.0951. The van der Waals surface area contributed by atoms with Gasteiger partial charge >= 0.3 is 0 Å². The maximum Gasteiger partial charge on any atom is 0.253 e. The zero-order chi connectivity index (χ0) is 21.3. The van der Waals surface area contributed by atoms with Crippen molar-refractivity contribution in [3.8, 4) is 0 Å². The van der Waals surface area contributed by atoms with Gasteiger partial charge < -0.3 is 14.9 Å². The molecule has 0 radical (unpaired) electrons. The number of hydrogen-bond acceptors (Lipinski definition) is 3. The van der Waals surface area contributed by atoms with Gasteiger partial charge in [-0.15, -0.1) is 0 Å². The van der Waals surface area contributed by atoms with E-state index in [9.17, 15) is 4.79 Å². The molecule has 1 aliphatic heterocycles. The van der Waals surface area contributed by atoms with Gasteiger partial charge in [0, 0.05) is 44.9 Å². The Balaban J connectivity index is 1.88. The molecule has 0 unspecified atom stereocenters. The smallest absolute Gasteiger partial charge is 0.253 e. The maximum absolute atomic E-state index is 12.7. The van der Waals surface area contributed by atoms with E-state index in [0.717, 1.165) is 57.5 Å². The lowest BCUT2D eigenvalue weighted by molar-refractivity contribution is 0.0773. The van der Waals surface area contributed by atoms with Gasteiger partial charge in [0.15, 0.2) is 0 Å². The molecule has 1 N–H and O–H groups in total. The van der Waals surface area contributed by atoms with Gasteiger partial charge in [-0.05, 0) is 61.9 Å². The molecule has 160 valence electrons. The van der Waals surface area contributed by atoms with Crippen molar-refractivity contribution in [2.24, 2.45) is 0 Å². The Kier molecular flexibility index (Phi) is 8.23. The molecule has 1 saturated heterocycles. The van der Waals surface area contributed by atoms with Crippen molar-refractivity contribution >= 4 is 11.5 Å². The van der Waals surface area contributed by atoms with Crippen molar-refractivity contribution in [3.05, 3.63) is 76.9 Å². The van der Waals surface area contributed by atoms with Crippen LogP contribution in [0.25, 0.3) is 5.57 Å². The van der Waals surface area contributed by atoms with Crippen molar-refractivity contribution in [3.63, 3.8) is 0 Å². The van der Waals surface area contributed by atoms with Crippen LogP contribution in [0.15, 0.2) is 60.2 Å². The summed E-state index contributed by atoms with van der Waals surface area (Å²) >= 11 is 0. The number of carbonyl (C=O) groups excluding carboxylic acids is 1. The molecular weight excluding hydrogens is 372 g/mol. The summed E-state index contributed by atoms with van der Waals surface area (Å²) in [6.45, 7) is 8.77. The monoisotopic (exact) mass is 406 g/mol. The minimum atomic E-state index is 0.0951. The van der Waals surface area contributed by atoms with Crippen LogP contribution in [0.5, 0.6) is 0 Å². The van der Waals surface area contributed by atoms with E-state index in [1.807, 2.05) is 30.9 Å². The molecule has 0 spiro atoms. The number of rotatable bonds is 8. The number of benzene rings is 2. The fraction of sp³-hybridized carbons (Fsp3) is 0.423. The Morgan fingerprint density at radius 2 is 1.47 bits per heavy atom. The number of hydrogen-bond donors (Lipinski definition) is 1. The Bertz CT molecular complexity index is 829. The number of aliphatic hydroxyl groups excluding tert-OH is 1. The van der Waals surface area contributed by atoms with Crippen LogP contribution in [0.4, 0.5) is 0 Å². The van der Waals surface area contributed by atoms with E-state index >= 15 is 0 Å². The van der Waals surface area contributed by atoms with Gasteiger partial charge in [-0.25, -0.2) is 0 Å². The van der Waals surface area contributed by atoms with Gasteiger partial charge in [0.2, 0.25) is 0 Å². The summed E-state index contributed by atoms with van der Waals surface area (Å²) in [6, 6.07) is 18.7. The molecule has 3 rings (SSSR count). The first-order valence-corrected chi connectivity index (χ1v) is 11.2. The molecule has 0 aromatic heterocycles. The van der Waals surface area contributed by atoms with Crippen molar-refractivity contribution in [1.29, 1.82) is 0 Å². The standard InChI is InChI=1S/C26H34N2O2/c1-3-28(4-2)26(30)24-13-11-22(12-14-24)25(21-9-6-5-7-10-21)23-15-18-27(19-16-23)17-8-20-29/h5-7,9-14,29H,3-4,8,15-20H2,1-2H3. The molecule has 0 aliphatic carbocycles. The third kappa shape index (κ3) is 5.38.